The van der Waals surface area contributed by atoms with Crippen LogP contribution in [0.2, 0.25) is 0 Å². The molecule has 16 heavy (non-hydrogen) atoms. The highest BCUT2D eigenvalue weighted by Gasteiger charge is 2.29. The Balaban J connectivity index is 2.36. The van der Waals surface area contributed by atoms with E-state index in [1.807, 2.05) is 39.0 Å². The van der Waals surface area contributed by atoms with E-state index < -0.39 is 11.9 Å². The normalized spacial score (nSPS) is 27.6. The highest BCUT2D eigenvalue weighted by atomic mass is 16.7. The summed E-state index contributed by atoms with van der Waals surface area (Å²) in [5.41, 5.74) is 0. The zero-order valence-corrected chi connectivity index (χ0v) is 10.3. The molecule has 0 bridgehead atoms. The second-order valence-corrected chi connectivity index (χ2v) is 4.49. The minimum atomic E-state index is -0.518. The summed E-state index contributed by atoms with van der Waals surface area (Å²) in [5.74, 6) is -0.518. The van der Waals surface area contributed by atoms with Crippen molar-refractivity contribution in [2.75, 3.05) is 6.61 Å². The zero-order chi connectivity index (χ0) is 12.0. The minimum absolute atomic E-state index is 0.0778. The molecule has 0 spiro atoms. The van der Waals surface area contributed by atoms with Crippen LogP contribution in [0.5, 0.6) is 0 Å². The van der Waals surface area contributed by atoms with E-state index in [1.54, 1.807) is 6.08 Å². The number of rotatable bonds is 4. The minimum Gasteiger partial charge on any atom is -0.389 e. The number of hydrogen-bond donors (Lipinski definition) is 1. The smallest absolute Gasteiger partial charge is 0.163 e. The summed E-state index contributed by atoms with van der Waals surface area (Å²) in [4.78, 5) is 0. The average molecular weight is 226 g/mol. The van der Waals surface area contributed by atoms with Gasteiger partial charge >= 0.3 is 0 Å². The number of aliphatic hydroxyl groups excluding tert-OH is 1. The van der Waals surface area contributed by atoms with Gasteiger partial charge in [0.05, 0.1) is 18.8 Å². The molecule has 0 aromatic heterocycles. The Morgan fingerprint density at radius 1 is 1.44 bits per heavy atom. The molecule has 0 aromatic carbocycles. The largest absolute Gasteiger partial charge is 0.389 e. The van der Waals surface area contributed by atoms with Gasteiger partial charge in [0.2, 0.25) is 0 Å². The van der Waals surface area contributed by atoms with E-state index in [-0.39, 0.29) is 6.10 Å². The quantitative estimate of drug-likeness (QED) is 0.748. The third-order valence-corrected chi connectivity index (χ3v) is 2.48. The van der Waals surface area contributed by atoms with Crippen LogP contribution in [0.25, 0.3) is 0 Å². The molecule has 3 nitrogen and oxygen atoms in total. The first-order valence-corrected chi connectivity index (χ1v) is 5.83. The van der Waals surface area contributed by atoms with Crippen LogP contribution < -0.4 is 0 Å². The molecule has 2 atom stereocenters. The standard InChI is InChI=1S/C13H22O3/c1-4-5-6-7-11(14)10-12-8-9-15-13(2,3)16-12/h4-7,11-12,14H,8-10H2,1-3H3/b5-4+,7-6+/t11-,12+/m0/s1. The maximum atomic E-state index is 9.76. The van der Waals surface area contributed by atoms with Crippen LogP contribution in [0.15, 0.2) is 24.3 Å². The fourth-order valence-electron chi connectivity index (χ4n) is 1.75. The average Bonchev–Trinajstić information content (AvgIpc) is 2.16. The van der Waals surface area contributed by atoms with Gasteiger partial charge in [-0.1, -0.05) is 24.3 Å². The molecule has 0 aliphatic carbocycles. The van der Waals surface area contributed by atoms with E-state index in [9.17, 15) is 5.11 Å². The summed E-state index contributed by atoms with van der Waals surface area (Å²) in [7, 11) is 0. The molecule has 1 saturated heterocycles. The summed E-state index contributed by atoms with van der Waals surface area (Å²) in [6.45, 7) is 6.45. The number of hydrogen-bond acceptors (Lipinski definition) is 3. The maximum Gasteiger partial charge on any atom is 0.163 e. The first-order valence-electron chi connectivity index (χ1n) is 5.83. The Bertz CT molecular complexity index is 256. The summed E-state index contributed by atoms with van der Waals surface area (Å²) in [6.07, 6.45) is 8.57. The van der Waals surface area contributed by atoms with Crippen LogP contribution in [-0.2, 0) is 9.47 Å². The van der Waals surface area contributed by atoms with Gasteiger partial charge in [-0.3, -0.25) is 0 Å². The molecule has 92 valence electrons. The SMILES string of the molecule is C/C=C/C=C/[C@H](O)C[C@H]1CCOC(C)(C)O1. The van der Waals surface area contributed by atoms with Crippen molar-refractivity contribution in [3.8, 4) is 0 Å². The monoisotopic (exact) mass is 226 g/mol. The van der Waals surface area contributed by atoms with E-state index in [1.165, 1.54) is 0 Å². The van der Waals surface area contributed by atoms with Crippen molar-refractivity contribution in [2.45, 2.75) is 51.6 Å². The summed E-state index contributed by atoms with van der Waals surface area (Å²) < 4.78 is 11.2. The van der Waals surface area contributed by atoms with E-state index >= 15 is 0 Å². The van der Waals surface area contributed by atoms with Crippen LogP contribution >= 0.6 is 0 Å². The van der Waals surface area contributed by atoms with E-state index in [4.69, 9.17) is 9.47 Å². The van der Waals surface area contributed by atoms with Gasteiger partial charge in [0.15, 0.2) is 5.79 Å². The lowest BCUT2D eigenvalue weighted by molar-refractivity contribution is -0.275. The molecule has 1 N–H and O–H groups in total. The van der Waals surface area contributed by atoms with E-state index in [0.29, 0.717) is 13.0 Å². The predicted molar refractivity (Wildman–Crippen MR) is 64.1 cm³/mol. The summed E-state index contributed by atoms with van der Waals surface area (Å²) in [5, 5.41) is 9.76. The number of ether oxygens (including phenoxy) is 2. The second-order valence-electron chi connectivity index (χ2n) is 4.49. The third-order valence-electron chi connectivity index (χ3n) is 2.48. The van der Waals surface area contributed by atoms with Crippen molar-refractivity contribution in [1.82, 2.24) is 0 Å². The molecule has 1 rings (SSSR count). The lowest BCUT2D eigenvalue weighted by atomic mass is 10.1. The molecule has 0 saturated carbocycles. The zero-order valence-electron chi connectivity index (χ0n) is 10.3. The fourth-order valence-corrected chi connectivity index (χ4v) is 1.75. The summed E-state index contributed by atoms with van der Waals surface area (Å²) in [6, 6.07) is 0. The van der Waals surface area contributed by atoms with Gasteiger partial charge in [-0.05, 0) is 27.2 Å². The fraction of sp³-hybridized carbons (Fsp3) is 0.692. The molecule has 0 unspecified atom stereocenters. The molecule has 0 aromatic rings. The van der Waals surface area contributed by atoms with Gasteiger partial charge in [0.1, 0.15) is 0 Å². The molecule has 1 heterocycles. The maximum absolute atomic E-state index is 9.76. The Kier molecular flexibility index (Phi) is 5.19. The van der Waals surface area contributed by atoms with Gasteiger partial charge in [-0.25, -0.2) is 0 Å². The van der Waals surface area contributed by atoms with Crippen molar-refractivity contribution in [3.05, 3.63) is 24.3 Å². The molecule has 1 aliphatic rings. The lowest BCUT2D eigenvalue weighted by Gasteiger charge is -2.36. The molecule has 3 heteroatoms. The van der Waals surface area contributed by atoms with E-state index in [0.717, 1.165) is 6.42 Å². The molecule has 1 fully saturated rings. The van der Waals surface area contributed by atoms with Crippen LogP contribution in [0.4, 0.5) is 0 Å². The van der Waals surface area contributed by atoms with Crippen molar-refractivity contribution in [1.29, 1.82) is 0 Å². The Morgan fingerprint density at radius 2 is 2.19 bits per heavy atom. The molecular weight excluding hydrogens is 204 g/mol. The molecular formula is C13H22O3. The van der Waals surface area contributed by atoms with Gasteiger partial charge in [-0.2, -0.15) is 0 Å². The molecule has 0 amide bonds. The van der Waals surface area contributed by atoms with Crippen molar-refractivity contribution in [2.24, 2.45) is 0 Å². The predicted octanol–water partition coefficient (Wildman–Crippen LogP) is 2.41. The topological polar surface area (TPSA) is 38.7 Å². The summed E-state index contributed by atoms with van der Waals surface area (Å²) >= 11 is 0. The van der Waals surface area contributed by atoms with Crippen molar-refractivity contribution in [3.63, 3.8) is 0 Å². The highest BCUT2D eigenvalue weighted by molar-refractivity contribution is 5.03. The van der Waals surface area contributed by atoms with Crippen LogP contribution in [-0.4, -0.2) is 29.7 Å². The Labute approximate surface area is 97.8 Å². The first kappa shape index (κ1) is 13.4. The second kappa shape index (κ2) is 6.18. The molecule has 1 aliphatic heterocycles. The van der Waals surface area contributed by atoms with Crippen molar-refractivity contribution >= 4 is 0 Å². The lowest BCUT2D eigenvalue weighted by Crippen LogP contribution is -2.40. The van der Waals surface area contributed by atoms with Crippen LogP contribution in [0.3, 0.4) is 0 Å². The van der Waals surface area contributed by atoms with Crippen LogP contribution in [0, 0.1) is 0 Å². The third kappa shape index (κ3) is 4.92. The first-order chi connectivity index (χ1) is 7.53. The number of aliphatic hydroxyl groups is 1. The highest BCUT2D eigenvalue weighted by Crippen LogP contribution is 2.24. The van der Waals surface area contributed by atoms with Gasteiger partial charge in [0, 0.05) is 6.42 Å². The van der Waals surface area contributed by atoms with Gasteiger partial charge in [0.25, 0.3) is 0 Å². The van der Waals surface area contributed by atoms with Crippen molar-refractivity contribution < 1.29 is 14.6 Å². The van der Waals surface area contributed by atoms with Crippen LogP contribution in [0.1, 0.15) is 33.6 Å². The Morgan fingerprint density at radius 3 is 2.81 bits per heavy atom. The van der Waals surface area contributed by atoms with E-state index in [2.05, 4.69) is 0 Å². The van der Waals surface area contributed by atoms with Gasteiger partial charge < -0.3 is 14.6 Å². The number of allylic oxidation sites excluding steroid dienone is 3. The van der Waals surface area contributed by atoms with Gasteiger partial charge in [-0.15, -0.1) is 0 Å². The molecule has 0 radical (unpaired) electrons. The Hall–Kier alpha value is -0.640.